The average molecular weight is 310 g/mol. The van der Waals surface area contributed by atoms with Gasteiger partial charge in [-0.2, -0.15) is 0 Å². The zero-order valence-electron chi connectivity index (χ0n) is 12.6. The van der Waals surface area contributed by atoms with Crippen molar-refractivity contribution in [1.29, 1.82) is 0 Å². The summed E-state index contributed by atoms with van der Waals surface area (Å²) in [5.41, 5.74) is 6.00. The number of rotatable bonds is 7. The monoisotopic (exact) mass is 310 g/mol. The number of hydrogen-bond acceptors (Lipinski definition) is 5. The molecule has 118 valence electrons. The third-order valence-electron chi connectivity index (χ3n) is 3.84. The Kier molecular flexibility index (Phi) is 7.12. The van der Waals surface area contributed by atoms with E-state index in [2.05, 4.69) is 15.6 Å². The molecule has 0 aromatic carbocycles. The Balaban J connectivity index is 1.64. The highest BCUT2D eigenvalue weighted by atomic mass is 32.1. The van der Waals surface area contributed by atoms with Crippen molar-refractivity contribution in [2.75, 3.05) is 19.6 Å². The van der Waals surface area contributed by atoms with Gasteiger partial charge in [0.15, 0.2) is 0 Å². The molecule has 1 aromatic rings. The van der Waals surface area contributed by atoms with Crippen molar-refractivity contribution in [1.82, 2.24) is 15.6 Å². The standard InChI is InChI=1S/C15H26N4OS/c16-8-7-14-19-13(11-21-14)15(20)18-10-9-17-12-5-3-1-2-4-6-12/h11-12,17H,1-10,16H2,(H,18,20). The molecule has 2 rings (SSSR count). The molecule has 0 bridgehead atoms. The van der Waals surface area contributed by atoms with Crippen LogP contribution in [0.4, 0.5) is 0 Å². The van der Waals surface area contributed by atoms with Gasteiger partial charge in [0.2, 0.25) is 0 Å². The van der Waals surface area contributed by atoms with Gasteiger partial charge >= 0.3 is 0 Å². The molecule has 0 spiro atoms. The summed E-state index contributed by atoms with van der Waals surface area (Å²) in [5.74, 6) is -0.0859. The van der Waals surface area contributed by atoms with E-state index in [1.54, 1.807) is 5.38 Å². The van der Waals surface area contributed by atoms with Crippen molar-refractivity contribution in [3.8, 4) is 0 Å². The Morgan fingerprint density at radius 3 is 2.76 bits per heavy atom. The highest BCUT2D eigenvalue weighted by Gasteiger charge is 2.12. The number of nitrogens with two attached hydrogens (primary N) is 1. The molecular weight excluding hydrogens is 284 g/mol. The van der Waals surface area contributed by atoms with E-state index in [1.165, 1.54) is 49.9 Å². The molecule has 0 atom stereocenters. The maximum atomic E-state index is 11.9. The minimum atomic E-state index is -0.0859. The fourth-order valence-electron chi connectivity index (χ4n) is 2.68. The second-order valence-corrected chi connectivity index (χ2v) is 6.51. The number of carbonyl (C=O) groups is 1. The molecule has 0 aliphatic heterocycles. The predicted molar refractivity (Wildman–Crippen MR) is 86.7 cm³/mol. The summed E-state index contributed by atoms with van der Waals surface area (Å²) in [6, 6.07) is 0.625. The molecule has 1 aromatic heterocycles. The number of carbonyl (C=O) groups excluding carboxylic acids is 1. The van der Waals surface area contributed by atoms with Gasteiger partial charge in [0, 0.05) is 30.9 Å². The SMILES string of the molecule is NCCc1nc(C(=O)NCCNC2CCCCCC2)cs1. The summed E-state index contributed by atoms with van der Waals surface area (Å²) in [4.78, 5) is 16.2. The first-order valence-corrected chi connectivity index (χ1v) is 8.83. The Hall–Kier alpha value is -0.980. The fraction of sp³-hybridized carbons (Fsp3) is 0.733. The number of hydrogen-bond donors (Lipinski definition) is 3. The third kappa shape index (κ3) is 5.73. The summed E-state index contributed by atoms with van der Waals surface area (Å²) >= 11 is 1.50. The molecule has 4 N–H and O–H groups in total. The van der Waals surface area contributed by atoms with Crippen LogP contribution in [-0.2, 0) is 6.42 Å². The molecule has 1 fully saturated rings. The van der Waals surface area contributed by atoms with E-state index in [0.29, 0.717) is 24.8 Å². The van der Waals surface area contributed by atoms with Crippen LogP contribution in [0.3, 0.4) is 0 Å². The Labute approximate surface area is 130 Å². The summed E-state index contributed by atoms with van der Waals surface area (Å²) < 4.78 is 0. The smallest absolute Gasteiger partial charge is 0.270 e. The molecule has 1 aliphatic rings. The molecule has 5 nitrogen and oxygen atoms in total. The molecule has 1 aliphatic carbocycles. The molecular formula is C15H26N4OS. The lowest BCUT2D eigenvalue weighted by atomic mass is 10.1. The summed E-state index contributed by atoms with van der Waals surface area (Å²) in [6.07, 6.45) is 8.65. The van der Waals surface area contributed by atoms with Gasteiger partial charge in [-0.3, -0.25) is 4.79 Å². The predicted octanol–water partition coefficient (Wildman–Crippen LogP) is 1.69. The van der Waals surface area contributed by atoms with E-state index in [0.717, 1.165) is 18.0 Å². The van der Waals surface area contributed by atoms with E-state index >= 15 is 0 Å². The van der Waals surface area contributed by atoms with Gasteiger partial charge < -0.3 is 16.4 Å². The van der Waals surface area contributed by atoms with Gasteiger partial charge in [0.25, 0.3) is 5.91 Å². The van der Waals surface area contributed by atoms with E-state index in [-0.39, 0.29) is 5.91 Å². The van der Waals surface area contributed by atoms with Crippen molar-refractivity contribution < 1.29 is 4.79 Å². The zero-order chi connectivity index (χ0) is 14.9. The first-order valence-electron chi connectivity index (χ1n) is 7.95. The van der Waals surface area contributed by atoms with Gasteiger partial charge in [0.05, 0.1) is 5.01 Å². The highest BCUT2D eigenvalue weighted by molar-refractivity contribution is 7.09. The molecule has 0 saturated heterocycles. The maximum Gasteiger partial charge on any atom is 0.270 e. The van der Waals surface area contributed by atoms with Crippen molar-refractivity contribution in [2.24, 2.45) is 5.73 Å². The fourth-order valence-corrected chi connectivity index (χ4v) is 3.47. The van der Waals surface area contributed by atoms with Crippen LogP contribution in [0, 0.1) is 0 Å². The van der Waals surface area contributed by atoms with E-state index in [4.69, 9.17) is 5.73 Å². The van der Waals surface area contributed by atoms with Crippen LogP contribution in [-0.4, -0.2) is 36.6 Å². The Bertz CT molecular complexity index is 427. The van der Waals surface area contributed by atoms with Crippen LogP contribution >= 0.6 is 11.3 Å². The van der Waals surface area contributed by atoms with Crippen LogP contribution in [0.5, 0.6) is 0 Å². The Morgan fingerprint density at radius 1 is 1.29 bits per heavy atom. The van der Waals surface area contributed by atoms with E-state index in [9.17, 15) is 4.79 Å². The van der Waals surface area contributed by atoms with Gasteiger partial charge in [0.1, 0.15) is 5.69 Å². The quantitative estimate of drug-likeness (QED) is 0.529. The number of thiazole rings is 1. The molecule has 1 amide bonds. The van der Waals surface area contributed by atoms with Gasteiger partial charge in [-0.25, -0.2) is 4.98 Å². The lowest BCUT2D eigenvalue weighted by molar-refractivity contribution is 0.0949. The Morgan fingerprint density at radius 2 is 2.05 bits per heavy atom. The highest BCUT2D eigenvalue weighted by Crippen LogP contribution is 2.16. The van der Waals surface area contributed by atoms with Crippen LogP contribution < -0.4 is 16.4 Å². The molecule has 1 heterocycles. The second-order valence-electron chi connectivity index (χ2n) is 5.56. The first-order chi connectivity index (χ1) is 10.3. The summed E-state index contributed by atoms with van der Waals surface area (Å²) in [7, 11) is 0. The van der Waals surface area contributed by atoms with Crippen molar-refractivity contribution in [3.05, 3.63) is 16.1 Å². The van der Waals surface area contributed by atoms with Gasteiger partial charge in [-0.1, -0.05) is 25.7 Å². The minimum absolute atomic E-state index is 0.0859. The largest absolute Gasteiger partial charge is 0.349 e. The number of aromatic nitrogens is 1. The summed E-state index contributed by atoms with van der Waals surface area (Å²) in [5, 5.41) is 9.20. The normalized spacial score (nSPS) is 16.6. The number of nitrogens with zero attached hydrogens (tertiary/aromatic N) is 1. The van der Waals surface area contributed by atoms with Crippen molar-refractivity contribution in [3.63, 3.8) is 0 Å². The number of amides is 1. The van der Waals surface area contributed by atoms with Crippen LogP contribution in [0.1, 0.15) is 54.0 Å². The zero-order valence-corrected chi connectivity index (χ0v) is 13.4. The molecule has 0 radical (unpaired) electrons. The van der Waals surface area contributed by atoms with Gasteiger partial charge in [-0.05, 0) is 19.4 Å². The lowest BCUT2D eigenvalue weighted by Crippen LogP contribution is -2.37. The molecule has 1 saturated carbocycles. The summed E-state index contributed by atoms with van der Waals surface area (Å²) in [6.45, 7) is 2.05. The topological polar surface area (TPSA) is 80.0 Å². The lowest BCUT2D eigenvalue weighted by Gasteiger charge is -2.16. The van der Waals surface area contributed by atoms with Crippen LogP contribution in [0.2, 0.25) is 0 Å². The average Bonchev–Trinajstić information content (AvgIpc) is 2.80. The first kappa shape index (κ1) is 16.4. The van der Waals surface area contributed by atoms with E-state index < -0.39 is 0 Å². The number of nitrogens with one attached hydrogen (secondary N) is 2. The van der Waals surface area contributed by atoms with E-state index in [1.807, 2.05) is 0 Å². The third-order valence-corrected chi connectivity index (χ3v) is 4.75. The van der Waals surface area contributed by atoms with Crippen LogP contribution in [0.25, 0.3) is 0 Å². The van der Waals surface area contributed by atoms with Crippen LogP contribution in [0.15, 0.2) is 5.38 Å². The molecule has 0 unspecified atom stereocenters. The maximum absolute atomic E-state index is 11.9. The van der Waals surface area contributed by atoms with Crippen molar-refractivity contribution >= 4 is 17.2 Å². The molecule has 6 heteroatoms. The van der Waals surface area contributed by atoms with Crippen molar-refractivity contribution in [2.45, 2.75) is 51.0 Å². The second kappa shape index (κ2) is 9.12. The van der Waals surface area contributed by atoms with Gasteiger partial charge in [-0.15, -0.1) is 11.3 Å². The molecule has 21 heavy (non-hydrogen) atoms. The minimum Gasteiger partial charge on any atom is -0.349 e.